The van der Waals surface area contributed by atoms with E-state index in [0.29, 0.717) is 11.8 Å². The molecular formula is C14H21NO. The third-order valence-corrected chi connectivity index (χ3v) is 3.72. The van der Waals surface area contributed by atoms with Crippen molar-refractivity contribution in [1.82, 2.24) is 4.90 Å². The van der Waals surface area contributed by atoms with Crippen molar-refractivity contribution in [3.63, 3.8) is 0 Å². The number of aryl methyl sites for hydroxylation is 1. The van der Waals surface area contributed by atoms with Crippen molar-refractivity contribution in [2.24, 2.45) is 0 Å². The Kier molecular flexibility index (Phi) is 3.49. The third kappa shape index (κ3) is 2.22. The van der Waals surface area contributed by atoms with Gasteiger partial charge in [0.25, 0.3) is 0 Å². The van der Waals surface area contributed by atoms with Crippen molar-refractivity contribution < 1.29 is 5.11 Å². The van der Waals surface area contributed by atoms with Crippen molar-refractivity contribution >= 4 is 0 Å². The minimum Gasteiger partial charge on any atom is -0.508 e. The molecule has 1 aromatic rings. The molecular weight excluding hydrogens is 198 g/mol. The zero-order chi connectivity index (χ0) is 11.5. The van der Waals surface area contributed by atoms with E-state index in [2.05, 4.69) is 24.8 Å². The lowest BCUT2D eigenvalue weighted by Gasteiger charge is -2.33. The summed E-state index contributed by atoms with van der Waals surface area (Å²) in [6.45, 7) is 6.73. The van der Waals surface area contributed by atoms with Gasteiger partial charge in [-0.2, -0.15) is 0 Å². The van der Waals surface area contributed by atoms with Crippen LogP contribution in [0.2, 0.25) is 0 Å². The maximum Gasteiger partial charge on any atom is 0.115 e. The topological polar surface area (TPSA) is 23.5 Å². The number of benzene rings is 1. The van der Waals surface area contributed by atoms with Gasteiger partial charge in [0.15, 0.2) is 0 Å². The summed E-state index contributed by atoms with van der Waals surface area (Å²) in [6.07, 6.45) is 3.46. The number of likely N-dealkylation sites (N-methyl/N-ethyl adjacent to an activating group) is 1. The van der Waals surface area contributed by atoms with Crippen LogP contribution in [0.15, 0.2) is 18.2 Å². The van der Waals surface area contributed by atoms with Crippen LogP contribution in [-0.4, -0.2) is 29.1 Å². The number of hydrogen-bond acceptors (Lipinski definition) is 2. The van der Waals surface area contributed by atoms with E-state index >= 15 is 0 Å². The van der Waals surface area contributed by atoms with Crippen LogP contribution in [0.5, 0.6) is 5.75 Å². The van der Waals surface area contributed by atoms with Crippen LogP contribution < -0.4 is 0 Å². The van der Waals surface area contributed by atoms with E-state index in [1.807, 2.05) is 12.1 Å². The Morgan fingerprint density at radius 3 is 2.69 bits per heavy atom. The predicted molar refractivity (Wildman–Crippen MR) is 66.8 cm³/mol. The highest BCUT2D eigenvalue weighted by Crippen LogP contribution is 2.27. The summed E-state index contributed by atoms with van der Waals surface area (Å²) < 4.78 is 0. The third-order valence-electron chi connectivity index (χ3n) is 3.72. The number of hydrogen-bond donors (Lipinski definition) is 1. The van der Waals surface area contributed by atoms with Gasteiger partial charge in [-0.3, -0.25) is 0 Å². The van der Waals surface area contributed by atoms with Crippen molar-refractivity contribution in [2.75, 3.05) is 13.1 Å². The summed E-state index contributed by atoms with van der Waals surface area (Å²) in [6, 6.07) is 6.50. The van der Waals surface area contributed by atoms with Crippen LogP contribution in [0.1, 0.15) is 31.4 Å². The van der Waals surface area contributed by atoms with Crippen molar-refractivity contribution in [3.05, 3.63) is 29.3 Å². The lowest BCUT2D eigenvalue weighted by Crippen LogP contribution is -2.39. The molecule has 1 unspecified atom stereocenters. The van der Waals surface area contributed by atoms with Gasteiger partial charge in [-0.25, -0.2) is 0 Å². The van der Waals surface area contributed by atoms with Gasteiger partial charge in [-0.05, 0) is 55.6 Å². The van der Waals surface area contributed by atoms with Crippen LogP contribution in [0.3, 0.4) is 0 Å². The maximum atomic E-state index is 9.45. The molecule has 1 atom stereocenters. The molecule has 1 aliphatic carbocycles. The molecule has 0 saturated carbocycles. The Morgan fingerprint density at radius 1 is 1.25 bits per heavy atom. The second kappa shape index (κ2) is 4.88. The molecule has 0 aromatic heterocycles. The molecule has 1 aromatic carbocycles. The first-order valence-electron chi connectivity index (χ1n) is 6.29. The van der Waals surface area contributed by atoms with E-state index in [4.69, 9.17) is 0 Å². The summed E-state index contributed by atoms with van der Waals surface area (Å²) in [5.41, 5.74) is 2.75. The van der Waals surface area contributed by atoms with Gasteiger partial charge in [-0.15, -0.1) is 0 Å². The fourth-order valence-electron chi connectivity index (χ4n) is 2.77. The fourth-order valence-corrected chi connectivity index (χ4v) is 2.77. The molecule has 0 bridgehead atoms. The van der Waals surface area contributed by atoms with Gasteiger partial charge in [0.1, 0.15) is 5.75 Å². The largest absolute Gasteiger partial charge is 0.508 e. The highest BCUT2D eigenvalue weighted by molar-refractivity contribution is 5.37. The summed E-state index contributed by atoms with van der Waals surface area (Å²) in [7, 11) is 0. The second-order valence-corrected chi connectivity index (χ2v) is 4.57. The summed E-state index contributed by atoms with van der Waals surface area (Å²) in [5.74, 6) is 0.403. The van der Waals surface area contributed by atoms with E-state index in [1.54, 1.807) is 0 Å². The number of phenolic OH excluding ortho intramolecular Hbond substituents is 1. The first-order chi connectivity index (χ1) is 7.74. The molecule has 0 saturated heterocycles. The SMILES string of the molecule is CCN(CC)C1CCc2cc(O)ccc2C1. The molecule has 1 N–H and O–H groups in total. The maximum absolute atomic E-state index is 9.45. The first kappa shape index (κ1) is 11.5. The normalized spacial score (nSPS) is 19.8. The number of aromatic hydroxyl groups is 1. The van der Waals surface area contributed by atoms with Crippen molar-refractivity contribution in [2.45, 2.75) is 39.2 Å². The average molecular weight is 219 g/mol. The monoisotopic (exact) mass is 219 g/mol. The molecule has 0 spiro atoms. The zero-order valence-corrected chi connectivity index (χ0v) is 10.2. The van der Waals surface area contributed by atoms with E-state index in [9.17, 15) is 5.11 Å². The van der Waals surface area contributed by atoms with Crippen LogP contribution in [0.25, 0.3) is 0 Å². The summed E-state index contributed by atoms with van der Waals surface area (Å²) in [4.78, 5) is 2.54. The van der Waals surface area contributed by atoms with Crippen LogP contribution in [-0.2, 0) is 12.8 Å². The number of nitrogens with zero attached hydrogens (tertiary/aromatic N) is 1. The molecule has 0 heterocycles. The van der Waals surface area contributed by atoms with Gasteiger partial charge in [0.2, 0.25) is 0 Å². The van der Waals surface area contributed by atoms with Gasteiger partial charge in [0, 0.05) is 6.04 Å². The van der Waals surface area contributed by atoms with E-state index in [-0.39, 0.29) is 0 Å². The molecule has 0 fully saturated rings. The lowest BCUT2D eigenvalue weighted by molar-refractivity contribution is 0.198. The first-order valence-corrected chi connectivity index (χ1v) is 6.29. The molecule has 2 nitrogen and oxygen atoms in total. The number of phenols is 1. The molecule has 1 aliphatic rings. The Morgan fingerprint density at radius 2 is 2.00 bits per heavy atom. The Labute approximate surface area is 97.9 Å². The second-order valence-electron chi connectivity index (χ2n) is 4.57. The fraction of sp³-hybridized carbons (Fsp3) is 0.571. The quantitative estimate of drug-likeness (QED) is 0.844. The standard InChI is InChI=1S/C14H21NO/c1-3-15(4-2)13-7-5-12-10-14(16)8-6-11(12)9-13/h6,8,10,13,16H,3-5,7,9H2,1-2H3. The molecule has 16 heavy (non-hydrogen) atoms. The number of fused-ring (bicyclic) bond motifs is 1. The zero-order valence-electron chi connectivity index (χ0n) is 10.2. The van der Waals surface area contributed by atoms with Crippen molar-refractivity contribution in [3.8, 4) is 5.75 Å². The highest BCUT2D eigenvalue weighted by atomic mass is 16.3. The molecule has 2 rings (SSSR count). The lowest BCUT2D eigenvalue weighted by atomic mass is 9.87. The molecule has 0 aliphatic heterocycles. The minimum atomic E-state index is 0.403. The van der Waals surface area contributed by atoms with Crippen LogP contribution >= 0.6 is 0 Å². The smallest absolute Gasteiger partial charge is 0.115 e. The average Bonchev–Trinajstić information content (AvgIpc) is 2.31. The Hall–Kier alpha value is -1.02. The van der Waals surface area contributed by atoms with Crippen LogP contribution in [0.4, 0.5) is 0 Å². The molecule has 0 radical (unpaired) electrons. The van der Waals surface area contributed by atoms with E-state index < -0.39 is 0 Å². The van der Waals surface area contributed by atoms with Gasteiger partial charge < -0.3 is 10.0 Å². The van der Waals surface area contributed by atoms with E-state index in [0.717, 1.165) is 25.9 Å². The molecule has 88 valence electrons. The summed E-state index contributed by atoms with van der Waals surface area (Å²) >= 11 is 0. The molecule has 0 amide bonds. The number of rotatable bonds is 3. The highest BCUT2D eigenvalue weighted by Gasteiger charge is 2.22. The minimum absolute atomic E-state index is 0.403. The Balaban J connectivity index is 2.14. The van der Waals surface area contributed by atoms with Crippen LogP contribution in [0, 0.1) is 0 Å². The Bertz CT molecular complexity index is 358. The van der Waals surface area contributed by atoms with Gasteiger partial charge >= 0.3 is 0 Å². The van der Waals surface area contributed by atoms with Gasteiger partial charge in [0.05, 0.1) is 0 Å². The predicted octanol–water partition coefficient (Wildman–Crippen LogP) is 2.59. The van der Waals surface area contributed by atoms with E-state index in [1.165, 1.54) is 17.5 Å². The van der Waals surface area contributed by atoms with Crippen molar-refractivity contribution in [1.29, 1.82) is 0 Å². The van der Waals surface area contributed by atoms with Gasteiger partial charge in [-0.1, -0.05) is 19.9 Å². The molecule has 2 heteroatoms. The summed E-state index contributed by atoms with van der Waals surface area (Å²) in [5, 5.41) is 9.45.